The molecule has 2 aliphatic rings. The normalized spacial score (nSPS) is 24.7. The molecule has 0 radical (unpaired) electrons. The standard InChI is InChI=1S/C17H20N4O2/c1-17(14-4-5-14)10-23-9-8-21(17)16(22)13-2-6-15(7-3-13)20-11-18-19-12-20/h2-3,6-7,11-12,14H,4-5,8-10H2,1H3. The molecule has 120 valence electrons. The summed E-state index contributed by atoms with van der Waals surface area (Å²) in [6, 6.07) is 7.60. The van der Waals surface area contributed by atoms with Crippen molar-refractivity contribution in [1.82, 2.24) is 19.7 Å². The van der Waals surface area contributed by atoms with E-state index in [1.165, 1.54) is 12.8 Å². The molecule has 4 rings (SSSR count). The first-order valence-electron chi connectivity index (χ1n) is 8.03. The van der Waals surface area contributed by atoms with E-state index in [0.29, 0.717) is 25.7 Å². The SMILES string of the molecule is CC1(C2CC2)COCCN1C(=O)c1ccc(-n2cnnc2)cc1. The number of aromatic nitrogens is 3. The lowest BCUT2D eigenvalue weighted by molar-refractivity contribution is -0.0547. The maximum atomic E-state index is 13.0. The Morgan fingerprint density at radius 3 is 2.57 bits per heavy atom. The zero-order valence-electron chi connectivity index (χ0n) is 13.2. The summed E-state index contributed by atoms with van der Waals surface area (Å²) >= 11 is 0. The second-order valence-electron chi connectivity index (χ2n) is 6.56. The van der Waals surface area contributed by atoms with Crippen molar-refractivity contribution >= 4 is 5.91 Å². The molecule has 2 heterocycles. The lowest BCUT2D eigenvalue weighted by Crippen LogP contribution is -2.58. The van der Waals surface area contributed by atoms with Gasteiger partial charge in [-0.3, -0.25) is 9.36 Å². The van der Waals surface area contributed by atoms with Gasteiger partial charge in [0.2, 0.25) is 0 Å². The molecule has 2 fully saturated rings. The van der Waals surface area contributed by atoms with Gasteiger partial charge in [0.05, 0.1) is 18.8 Å². The van der Waals surface area contributed by atoms with Crippen molar-refractivity contribution in [3.05, 3.63) is 42.5 Å². The predicted molar refractivity (Wildman–Crippen MR) is 84.3 cm³/mol. The van der Waals surface area contributed by atoms with E-state index in [4.69, 9.17) is 4.74 Å². The Morgan fingerprint density at radius 1 is 1.22 bits per heavy atom. The minimum absolute atomic E-state index is 0.0954. The van der Waals surface area contributed by atoms with Crippen LogP contribution in [0.25, 0.3) is 5.69 Å². The minimum Gasteiger partial charge on any atom is -0.377 e. The first-order chi connectivity index (χ1) is 11.2. The highest BCUT2D eigenvalue weighted by molar-refractivity contribution is 5.95. The average molecular weight is 312 g/mol. The van der Waals surface area contributed by atoms with E-state index in [2.05, 4.69) is 17.1 Å². The summed E-state index contributed by atoms with van der Waals surface area (Å²) in [7, 11) is 0. The number of hydrogen-bond acceptors (Lipinski definition) is 4. The number of carbonyl (C=O) groups excluding carboxylic acids is 1. The van der Waals surface area contributed by atoms with Crippen molar-refractivity contribution in [1.29, 1.82) is 0 Å². The Bertz CT molecular complexity index is 694. The summed E-state index contributed by atoms with van der Waals surface area (Å²) < 4.78 is 7.48. The Kier molecular flexibility index (Phi) is 3.41. The molecule has 1 saturated carbocycles. The molecule has 23 heavy (non-hydrogen) atoms. The van der Waals surface area contributed by atoms with Crippen LogP contribution in [0.15, 0.2) is 36.9 Å². The zero-order valence-corrected chi connectivity index (χ0v) is 13.2. The van der Waals surface area contributed by atoms with E-state index in [-0.39, 0.29) is 11.4 Å². The largest absolute Gasteiger partial charge is 0.377 e. The highest BCUT2D eigenvalue weighted by Gasteiger charge is 2.49. The molecule has 6 nitrogen and oxygen atoms in total. The van der Waals surface area contributed by atoms with Gasteiger partial charge in [-0.1, -0.05) is 0 Å². The van der Waals surface area contributed by atoms with Gasteiger partial charge in [-0.15, -0.1) is 10.2 Å². The fourth-order valence-corrected chi connectivity index (χ4v) is 3.41. The zero-order chi connectivity index (χ0) is 15.9. The van der Waals surface area contributed by atoms with E-state index in [1.807, 2.05) is 33.7 Å². The van der Waals surface area contributed by atoms with Crippen LogP contribution in [0.1, 0.15) is 30.1 Å². The van der Waals surface area contributed by atoms with Crippen molar-refractivity contribution in [3.63, 3.8) is 0 Å². The third-order valence-electron chi connectivity index (χ3n) is 5.00. The second kappa shape index (κ2) is 5.45. The molecule has 1 aliphatic heterocycles. The van der Waals surface area contributed by atoms with Gasteiger partial charge in [-0.25, -0.2) is 0 Å². The lowest BCUT2D eigenvalue weighted by atomic mass is 9.92. The fraction of sp³-hybridized carbons (Fsp3) is 0.471. The van der Waals surface area contributed by atoms with Crippen molar-refractivity contribution < 1.29 is 9.53 Å². The van der Waals surface area contributed by atoms with Crippen LogP contribution < -0.4 is 0 Å². The molecule has 0 N–H and O–H groups in total. The fourth-order valence-electron chi connectivity index (χ4n) is 3.41. The van der Waals surface area contributed by atoms with Crippen LogP contribution in [-0.2, 0) is 4.74 Å². The third-order valence-corrected chi connectivity index (χ3v) is 5.00. The number of benzene rings is 1. The van der Waals surface area contributed by atoms with Gasteiger partial charge in [0.1, 0.15) is 12.7 Å². The maximum absolute atomic E-state index is 13.0. The Morgan fingerprint density at radius 2 is 1.91 bits per heavy atom. The predicted octanol–water partition coefficient (Wildman–Crippen LogP) is 1.91. The van der Waals surface area contributed by atoms with Crippen molar-refractivity contribution in [2.45, 2.75) is 25.3 Å². The summed E-state index contributed by atoms with van der Waals surface area (Å²) in [4.78, 5) is 15.0. The number of hydrogen-bond donors (Lipinski definition) is 0. The van der Waals surface area contributed by atoms with Gasteiger partial charge in [0.25, 0.3) is 5.91 Å². The molecule has 6 heteroatoms. The molecule has 0 spiro atoms. The van der Waals surface area contributed by atoms with E-state index in [9.17, 15) is 4.79 Å². The molecule has 0 bridgehead atoms. The van der Waals surface area contributed by atoms with Crippen LogP contribution in [0.2, 0.25) is 0 Å². The van der Waals surface area contributed by atoms with Crippen LogP contribution in [0, 0.1) is 5.92 Å². The Balaban J connectivity index is 1.58. The summed E-state index contributed by atoms with van der Waals surface area (Å²) in [6.07, 6.45) is 5.67. The summed E-state index contributed by atoms with van der Waals surface area (Å²) in [5, 5.41) is 7.60. The Labute approximate surface area is 135 Å². The van der Waals surface area contributed by atoms with Crippen molar-refractivity contribution in [2.24, 2.45) is 5.92 Å². The van der Waals surface area contributed by atoms with Crippen LogP contribution in [-0.4, -0.2) is 50.9 Å². The van der Waals surface area contributed by atoms with Gasteiger partial charge >= 0.3 is 0 Å². The van der Waals surface area contributed by atoms with Gasteiger partial charge in [0, 0.05) is 17.8 Å². The molecule has 1 saturated heterocycles. The molecule has 1 aromatic heterocycles. The molecular weight excluding hydrogens is 292 g/mol. The van der Waals surface area contributed by atoms with Crippen molar-refractivity contribution in [2.75, 3.05) is 19.8 Å². The highest BCUT2D eigenvalue weighted by atomic mass is 16.5. The number of rotatable bonds is 3. The van der Waals surface area contributed by atoms with Gasteiger partial charge < -0.3 is 9.64 Å². The van der Waals surface area contributed by atoms with E-state index in [1.54, 1.807) is 12.7 Å². The first-order valence-corrected chi connectivity index (χ1v) is 8.03. The first kappa shape index (κ1) is 14.4. The van der Waals surface area contributed by atoms with Crippen LogP contribution in [0.3, 0.4) is 0 Å². The number of amides is 1. The molecule has 1 atom stereocenters. The third kappa shape index (κ3) is 2.53. The van der Waals surface area contributed by atoms with E-state index >= 15 is 0 Å². The number of morpholine rings is 1. The van der Waals surface area contributed by atoms with Crippen LogP contribution >= 0.6 is 0 Å². The topological polar surface area (TPSA) is 60.2 Å². The number of carbonyl (C=O) groups is 1. The summed E-state index contributed by atoms with van der Waals surface area (Å²) in [5.74, 6) is 0.668. The number of nitrogens with zero attached hydrogens (tertiary/aromatic N) is 4. The molecule has 1 aromatic carbocycles. The Hall–Kier alpha value is -2.21. The highest BCUT2D eigenvalue weighted by Crippen LogP contribution is 2.44. The second-order valence-corrected chi connectivity index (χ2v) is 6.56. The molecule has 1 amide bonds. The van der Waals surface area contributed by atoms with Gasteiger partial charge in [-0.05, 0) is 49.9 Å². The molecular formula is C17H20N4O2. The maximum Gasteiger partial charge on any atom is 0.254 e. The van der Waals surface area contributed by atoms with E-state index in [0.717, 1.165) is 11.3 Å². The van der Waals surface area contributed by atoms with Crippen molar-refractivity contribution in [3.8, 4) is 5.69 Å². The van der Waals surface area contributed by atoms with Gasteiger partial charge in [-0.2, -0.15) is 0 Å². The number of ether oxygens (including phenoxy) is 1. The molecule has 1 aliphatic carbocycles. The average Bonchev–Trinajstić information content (AvgIpc) is 3.31. The smallest absolute Gasteiger partial charge is 0.254 e. The van der Waals surface area contributed by atoms with Gasteiger partial charge in [0.15, 0.2) is 0 Å². The monoisotopic (exact) mass is 312 g/mol. The van der Waals surface area contributed by atoms with Crippen LogP contribution in [0.5, 0.6) is 0 Å². The minimum atomic E-state index is -0.164. The molecule has 2 aromatic rings. The molecule has 1 unspecified atom stereocenters. The summed E-state index contributed by atoms with van der Waals surface area (Å²) in [6.45, 7) is 4.08. The quantitative estimate of drug-likeness (QED) is 0.868. The van der Waals surface area contributed by atoms with E-state index < -0.39 is 0 Å². The summed E-state index contributed by atoms with van der Waals surface area (Å²) in [5.41, 5.74) is 1.50. The lowest BCUT2D eigenvalue weighted by Gasteiger charge is -2.45. The van der Waals surface area contributed by atoms with Crippen LogP contribution in [0.4, 0.5) is 0 Å².